The normalized spacial score (nSPS) is 13.9. The fourth-order valence-electron chi connectivity index (χ4n) is 1.08. The molecule has 0 spiro atoms. The summed E-state index contributed by atoms with van der Waals surface area (Å²) in [4.78, 5) is 0. The summed E-state index contributed by atoms with van der Waals surface area (Å²) in [6.07, 6.45) is 0. The molecular weight excluding hydrogens is 203 g/mol. The summed E-state index contributed by atoms with van der Waals surface area (Å²) >= 11 is 0. The first-order chi connectivity index (χ1) is 6.64. The molecule has 0 bridgehead atoms. The van der Waals surface area contributed by atoms with Crippen LogP contribution in [0.3, 0.4) is 0 Å². The molecule has 0 aliphatic carbocycles. The summed E-state index contributed by atoms with van der Waals surface area (Å²) in [5.74, 6) is -1.24. The van der Waals surface area contributed by atoms with Gasteiger partial charge in [0.2, 0.25) is 0 Å². The third-order valence-electron chi connectivity index (χ3n) is 1.91. The molecule has 0 aliphatic rings. The van der Waals surface area contributed by atoms with Gasteiger partial charge in [0, 0.05) is 14.2 Å². The van der Waals surface area contributed by atoms with Crippen molar-refractivity contribution < 1.29 is 18.7 Å². The van der Waals surface area contributed by atoms with Crippen molar-refractivity contribution in [2.24, 2.45) is 0 Å². The maximum atomic E-state index is 11.8. The van der Waals surface area contributed by atoms with Crippen LogP contribution in [-0.4, -0.2) is 19.3 Å². The topological polar surface area (TPSA) is 55.8 Å². The highest BCUT2D eigenvalue weighted by Gasteiger charge is 2.33. The van der Waals surface area contributed by atoms with E-state index in [2.05, 4.69) is 9.05 Å². The molecule has 0 aliphatic heterocycles. The van der Waals surface area contributed by atoms with E-state index >= 15 is 0 Å². The first-order valence-corrected chi connectivity index (χ1v) is 5.69. The number of hydrogen-bond acceptors (Lipinski definition) is 4. The van der Waals surface area contributed by atoms with Crippen molar-refractivity contribution in [3.05, 3.63) is 35.9 Å². The van der Waals surface area contributed by atoms with Crippen LogP contribution in [0.2, 0.25) is 0 Å². The molecule has 0 saturated carbocycles. The summed E-state index contributed by atoms with van der Waals surface area (Å²) in [5.41, 5.74) is 0.513. The van der Waals surface area contributed by atoms with Gasteiger partial charge in [-0.1, -0.05) is 30.3 Å². The number of aliphatic hydroxyl groups is 1. The minimum atomic E-state index is -3.44. The molecule has 5 heteroatoms. The smallest absolute Gasteiger partial charge is 0.362 e. The van der Waals surface area contributed by atoms with Gasteiger partial charge in [0.1, 0.15) is 0 Å². The zero-order valence-electron chi connectivity index (χ0n) is 8.08. The molecule has 0 saturated heterocycles. The summed E-state index contributed by atoms with van der Waals surface area (Å²) in [7, 11) is -0.946. The lowest BCUT2D eigenvalue weighted by atomic mass is 10.2. The molecule has 0 heterocycles. The molecule has 1 unspecified atom stereocenters. The minimum Gasteiger partial charge on any atom is -0.376 e. The lowest BCUT2D eigenvalue weighted by molar-refractivity contribution is 0.176. The van der Waals surface area contributed by atoms with E-state index in [1.165, 1.54) is 14.2 Å². The van der Waals surface area contributed by atoms with Crippen LogP contribution in [0, 0.1) is 0 Å². The number of aliphatic hydroxyl groups excluding tert-OH is 1. The van der Waals surface area contributed by atoms with E-state index in [1.54, 1.807) is 30.3 Å². The Morgan fingerprint density at radius 2 is 1.71 bits per heavy atom. The zero-order valence-corrected chi connectivity index (χ0v) is 8.98. The molecule has 1 aromatic rings. The van der Waals surface area contributed by atoms with E-state index in [1.807, 2.05) is 0 Å². The molecule has 4 nitrogen and oxygen atoms in total. The van der Waals surface area contributed by atoms with Gasteiger partial charge in [-0.25, -0.2) is 0 Å². The summed E-state index contributed by atoms with van der Waals surface area (Å²) in [6, 6.07) is 8.62. The van der Waals surface area contributed by atoms with Gasteiger partial charge >= 0.3 is 7.60 Å². The predicted octanol–water partition coefficient (Wildman–Crippen LogP) is 2.16. The van der Waals surface area contributed by atoms with Crippen molar-refractivity contribution >= 4 is 7.60 Å². The number of rotatable bonds is 4. The molecule has 0 radical (unpaired) electrons. The summed E-state index contributed by atoms with van der Waals surface area (Å²) < 4.78 is 21.1. The van der Waals surface area contributed by atoms with E-state index in [-0.39, 0.29) is 0 Å². The maximum absolute atomic E-state index is 11.8. The highest BCUT2D eigenvalue weighted by molar-refractivity contribution is 7.53. The Hall–Kier alpha value is -0.670. The van der Waals surface area contributed by atoms with Gasteiger partial charge in [-0.05, 0) is 5.56 Å². The quantitative estimate of drug-likeness (QED) is 0.783. The van der Waals surface area contributed by atoms with Crippen molar-refractivity contribution in [1.82, 2.24) is 0 Å². The SMILES string of the molecule is COP(=O)(OC)C(O)c1ccccc1. The van der Waals surface area contributed by atoms with Crippen molar-refractivity contribution in [1.29, 1.82) is 0 Å². The van der Waals surface area contributed by atoms with Gasteiger partial charge in [0.15, 0.2) is 5.85 Å². The van der Waals surface area contributed by atoms with Crippen LogP contribution in [0.15, 0.2) is 30.3 Å². The first-order valence-electron chi connectivity index (χ1n) is 4.08. The Balaban J connectivity index is 2.95. The Morgan fingerprint density at radius 3 is 2.14 bits per heavy atom. The van der Waals surface area contributed by atoms with Crippen molar-refractivity contribution in [2.45, 2.75) is 5.85 Å². The van der Waals surface area contributed by atoms with Crippen LogP contribution in [0.5, 0.6) is 0 Å². The third-order valence-corrected chi connectivity index (χ3v) is 3.82. The second kappa shape index (κ2) is 4.71. The number of hydrogen-bond donors (Lipinski definition) is 1. The van der Waals surface area contributed by atoms with Gasteiger partial charge in [0.05, 0.1) is 0 Å². The van der Waals surface area contributed by atoms with Crippen molar-refractivity contribution in [2.75, 3.05) is 14.2 Å². The molecular formula is C9H13O4P. The summed E-state index contributed by atoms with van der Waals surface area (Å²) in [6.45, 7) is 0. The monoisotopic (exact) mass is 216 g/mol. The van der Waals surface area contributed by atoms with E-state index in [0.717, 1.165) is 0 Å². The highest BCUT2D eigenvalue weighted by Crippen LogP contribution is 2.58. The molecule has 0 fully saturated rings. The van der Waals surface area contributed by atoms with Crippen LogP contribution in [0.1, 0.15) is 11.4 Å². The van der Waals surface area contributed by atoms with Gasteiger partial charge < -0.3 is 14.2 Å². The lowest BCUT2D eigenvalue weighted by Gasteiger charge is -2.19. The molecule has 0 amide bonds. The summed E-state index contributed by atoms with van der Waals surface area (Å²) in [5, 5.41) is 9.73. The van der Waals surface area contributed by atoms with Gasteiger partial charge in [-0.2, -0.15) is 0 Å². The van der Waals surface area contributed by atoms with Gasteiger partial charge in [-0.3, -0.25) is 4.57 Å². The first kappa shape index (κ1) is 11.4. The Morgan fingerprint density at radius 1 is 1.21 bits per heavy atom. The molecule has 1 rings (SSSR count). The molecule has 14 heavy (non-hydrogen) atoms. The standard InChI is InChI=1S/C9H13O4P/c1-12-14(11,13-2)9(10)8-6-4-3-5-7-8/h3-7,9-10H,1-2H3. The predicted molar refractivity (Wildman–Crippen MR) is 53.0 cm³/mol. The van der Waals surface area contributed by atoms with Crippen LogP contribution in [0.25, 0.3) is 0 Å². The lowest BCUT2D eigenvalue weighted by Crippen LogP contribution is -2.02. The third kappa shape index (κ3) is 2.22. The van der Waals surface area contributed by atoms with Gasteiger partial charge in [-0.15, -0.1) is 0 Å². The van der Waals surface area contributed by atoms with Crippen LogP contribution < -0.4 is 0 Å². The largest absolute Gasteiger partial charge is 0.376 e. The molecule has 1 aromatic carbocycles. The fourth-order valence-corrected chi connectivity index (χ4v) is 2.17. The van der Waals surface area contributed by atoms with Crippen molar-refractivity contribution in [3.8, 4) is 0 Å². The molecule has 1 atom stereocenters. The van der Waals surface area contributed by atoms with E-state index in [9.17, 15) is 9.67 Å². The fraction of sp³-hybridized carbons (Fsp3) is 0.333. The Kier molecular flexibility index (Phi) is 3.84. The van der Waals surface area contributed by atoms with Crippen molar-refractivity contribution in [3.63, 3.8) is 0 Å². The van der Waals surface area contributed by atoms with Gasteiger partial charge in [0.25, 0.3) is 0 Å². The number of benzene rings is 1. The maximum Gasteiger partial charge on any atom is 0.362 e. The van der Waals surface area contributed by atoms with E-state index < -0.39 is 13.4 Å². The molecule has 0 aromatic heterocycles. The van der Waals surface area contributed by atoms with Crippen LogP contribution in [0.4, 0.5) is 0 Å². The van der Waals surface area contributed by atoms with E-state index in [0.29, 0.717) is 5.56 Å². The van der Waals surface area contributed by atoms with Crippen LogP contribution >= 0.6 is 7.60 Å². The average molecular weight is 216 g/mol. The average Bonchev–Trinajstić information content (AvgIpc) is 2.28. The molecule has 1 N–H and O–H groups in total. The zero-order chi connectivity index (χ0) is 10.6. The van der Waals surface area contributed by atoms with Crippen LogP contribution in [-0.2, 0) is 13.6 Å². The Labute approximate surface area is 83.0 Å². The second-order valence-electron chi connectivity index (χ2n) is 2.69. The highest BCUT2D eigenvalue weighted by atomic mass is 31.2. The second-order valence-corrected chi connectivity index (χ2v) is 4.99. The molecule has 78 valence electrons. The van der Waals surface area contributed by atoms with E-state index in [4.69, 9.17) is 0 Å². The minimum absolute atomic E-state index is 0.513. The Bertz CT molecular complexity index is 317.